The molecule has 1 heterocycles. The van der Waals surface area contributed by atoms with E-state index in [9.17, 15) is 9.59 Å². The molecule has 0 radical (unpaired) electrons. The number of thiophene rings is 1. The van der Waals surface area contributed by atoms with E-state index in [2.05, 4.69) is 5.32 Å². The van der Waals surface area contributed by atoms with Gasteiger partial charge in [0.1, 0.15) is 0 Å². The second kappa shape index (κ2) is 4.76. The van der Waals surface area contributed by atoms with Crippen LogP contribution in [0.1, 0.15) is 16.7 Å². The Morgan fingerprint density at radius 3 is 2.57 bits per heavy atom. The summed E-state index contributed by atoms with van der Waals surface area (Å²) < 4.78 is 0. The number of nitrogens with one attached hydrogen (secondary N) is 1. The molecule has 0 spiro atoms. The van der Waals surface area contributed by atoms with Gasteiger partial charge in [-0.25, -0.2) is 4.79 Å². The Labute approximate surface area is 85.6 Å². The summed E-state index contributed by atoms with van der Waals surface area (Å²) in [7, 11) is 0. The van der Waals surface area contributed by atoms with Gasteiger partial charge in [-0.3, -0.25) is 4.79 Å². The molecular formula is C9H11NO3S. The molecule has 0 aliphatic carbocycles. The van der Waals surface area contributed by atoms with Crippen molar-refractivity contribution in [2.45, 2.75) is 19.9 Å². The van der Waals surface area contributed by atoms with E-state index in [0.29, 0.717) is 0 Å². The zero-order chi connectivity index (χ0) is 10.6. The van der Waals surface area contributed by atoms with Crippen LogP contribution in [0.5, 0.6) is 0 Å². The number of aryl methyl sites for hydroxylation is 1. The number of carboxylic acids is 1. The molecule has 2 N–H and O–H groups in total. The lowest BCUT2D eigenvalue weighted by Crippen LogP contribution is -2.29. The van der Waals surface area contributed by atoms with E-state index in [1.165, 1.54) is 4.88 Å². The maximum atomic E-state index is 10.7. The fourth-order valence-corrected chi connectivity index (χ4v) is 1.85. The van der Waals surface area contributed by atoms with Gasteiger partial charge >= 0.3 is 11.9 Å². The van der Waals surface area contributed by atoms with Crippen molar-refractivity contribution in [2.75, 3.05) is 0 Å². The summed E-state index contributed by atoms with van der Waals surface area (Å²) in [5.74, 6) is -2.41. The molecule has 0 saturated heterocycles. The summed E-state index contributed by atoms with van der Waals surface area (Å²) in [6, 6.07) is 3.87. The van der Waals surface area contributed by atoms with Crippen LogP contribution in [0.25, 0.3) is 0 Å². The number of carbonyl (C=O) groups excluding carboxylic acids is 1. The van der Waals surface area contributed by atoms with Gasteiger partial charge in [0.2, 0.25) is 0 Å². The van der Waals surface area contributed by atoms with Gasteiger partial charge in [-0.15, -0.1) is 11.3 Å². The van der Waals surface area contributed by atoms with Crippen molar-refractivity contribution in [3.05, 3.63) is 21.9 Å². The Kier molecular flexibility index (Phi) is 3.64. The lowest BCUT2D eigenvalue weighted by molar-refractivity contribution is -0.150. The van der Waals surface area contributed by atoms with Crippen LogP contribution >= 0.6 is 11.3 Å². The molecule has 1 aromatic heterocycles. The Hall–Kier alpha value is -1.36. The number of rotatable bonds is 3. The SMILES string of the molecule is CCc1ccc(CNC(=O)C(=O)O)s1. The van der Waals surface area contributed by atoms with E-state index in [4.69, 9.17) is 5.11 Å². The molecule has 14 heavy (non-hydrogen) atoms. The fourth-order valence-electron chi connectivity index (χ4n) is 0.950. The molecule has 4 nitrogen and oxygen atoms in total. The molecule has 1 amide bonds. The highest BCUT2D eigenvalue weighted by molar-refractivity contribution is 7.11. The van der Waals surface area contributed by atoms with E-state index < -0.39 is 11.9 Å². The van der Waals surface area contributed by atoms with Crippen molar-refractivity contribution in [2.24, 2.45) is 0 Å². The first-order chi connectivity index (χ1) is 6.63. The molecule has 0 atom stereocenters. The topological polar surface area (TPSA) is 66.4 Å². The van der Waals surface area contributed by atoms with Crippen LogP contribution in [0.15, 0.2) is 12.1 Å². The summed E-state index contributed by atoms with van der Waals surface area (Å²) in [6.07, 6.45) is 0.956. The van der Waals surface area contributed by atoms with Crippen molar-refractivity contribution in [1.29, 1.82) is 0 Å². The minimum atomic E-state index is -1.45. The Morgan fingerprint density at radius 1 is 1.43 bits per heavy atom. The van der Waals surface area contributed by atoms with Crippen LogP contribution in [0.2, 0.25) is 0 Å². The molecule has 0 unspecified atom stereocenters. The fraction of sp³-hybridized carbons (Fsp3) is 0.333. The van der Waals surface area contributed by atoms with Gasteiger partial charge in [0.05, 0.1) is 6.54 Å². The molecule has 0 aliphatic heterocycles. The van der Waals surface area contributed by atoms with Gasteiger partial charge in [-0.2, -0.15) is 0 Å². The number of hydrogen-bond acceptors (Lipinski definition) is 3. The molecule has 1 rings (SSSR count). The van der Waals surface area contributed by atoms with Crippen molar-refractivity contribution in [3.8, 4) is 0 Å². The first-order valence-electron chi connectivity index (χ1n) is 4.22. The van der Waals surface area contributed by atoms with Crippen LogP contribution in [0.4, 0.5) is 0 Å². The monoisotopic (exact) mass is 213 g/mol. The van der Waals surface area contributed by atoms with E-state index in [-0.39, 0.29) is 6.54 Å². The maximum Gasteiger partial charge on any atom is 0.394 e. The molecule has 5 heteroatoms. The number of hydrogen-bond donors (Lipinski definition) is 2. The molecular weight excluding hydrogens is 202 g/mol. The number of carboxylic acid groups (broad SMARTS) is 1. The molecule has 1 aromatic rings. The molecule has 0 aromatic carbocycles. The summed E-state index contributed by atoms with van der Waals surface area (Å²) in [5, 5.41) is 10.6. The van der Waals surface area contributed by atoms with E-state index in [0.717, 1.165) is 11.3 Å². The summed E-state index contributed by atoms with van der Waals surface area (Å²) in [6.45, 7) is 2.33. The van der Waals surface area contributed by atoms with Crippen molar-refractivity contribution in [1.82, 2.24) is 5.32 Å². The van der Waals surface area contributed by atoms with Crippen LogP contribution < -0.4 is 5.32 Å². The van der Waals surface area contributed by atoms with Crippen LogP contribution in [-0.4, -0.2) is 17.0 Å². The van der Waals surface area contributed by atoms with Crippen LogP contribution in [0, 0.1) is 0 Å². The van der Waals surface area contributed by atoms with E-state index in [1.807, 2.05) is 19.1 Å². The van der Waals surface area contributed by atoms with Crippen molar-refractivity contribution < 1.29 is 14.7 Å². The van der Waals surface area contributed by atoms with E-state index in [1.54, 1.807) is 11.3 Å². The average Bonchev–Trinajstić information content (AvgIpc) is 2.61. The normalized spacial score (nSPS) is 9.79. The van der Waals surface area contributed by atoms with Gasteiger partial charge in [-0.1, -0.05) is 6.92 Å². The summed E-state index contributed by atoms with van der Waals surface area (Å²) >= 11 is 1.58. The number of carbonyl (C=O) groups is 2. The second-order valence-corrected chi connectivity index (χ2v) is 3.96. The van der Waals surface area contributed by atoms with Crippen molar-refractivity contribution >= 4 is 23.2 Å². The van der Waals surface area contributed by atoms with Gasteiger partial charge in [-0.05, 0) is 18.6 Å². The lowest BCUT2D eigenvalue weighted by Gasteiger charge is -1.97. The van der Waals surface area contributed by atoms with Gasteiger partial charge in [0, 0.05) is 9.75 Å². The predicted molar refractivity (Wildman–Crippen MR) is 53.2 cm³/mol. The zero-order valence-electron chi connectivity index (χ0n) is 7.74. The lowest BCUT2D eigenvalue weighted by atomic mass is 10.3. The molecule has 0 saturated carbocycles. The highest BCUT2D eigenvalue weighted by atomic mass is 32.1. The quantitative estimate of drug-likeness (QED) is 0.736. The standard InChI is InChI=1S/C9H11NO3S/c1-2-6-3-4-7(14-6)5-10-8(11)9(12)13/h3-4H,2,5H2,1H3,(H,10,11)(H,12,13). The molecule has 0 fully saturated rings. The molecule has 0 bridgehead atoms. The Balaban J connectivity index is 2.45. The van der Waals surface area contributed by atoms with E-state index >= 15 is 0 Å². The third-order valence-electron chi connectivity index (χ3n) is 1.68. The second-order valence-electron chi connectivity index (χ2n) is 2.71. The average molecular weight is 213 g/mol. The smallest absolute Gasteiger partial charge is 0.394 e. The third-order valence-corrected chi connectivity index (χ3v) is 2.91. The van der Waals surface area contributed by atoms with Gasteiger partial charge < -0.3 is 10.4 Å². The third kappa shape index (κ3) is 2.85. The predicted octanol–water partition coefficient (Wildman–Crippen LogP) is 1.01. The minimum Gasteiger partial charge on any atom is -0.474 e. The van der Waals surface area contributed by atoms with Crippen LogP contribution in [-0.2, 0) is 22.6 Å². The Morgan fingerprint density at radius 2 is 2.07 bits per heavy atom. The van der Waals surface area contributed by atoms with Crippen LogP contribution in [0.3, 0.4) is 0 Å². The number of aliphatic carboxylic acids is 1. The van der Waals surface area contributed by atoms with Gasteiger partial charge in [0.15, 0.2) is 0 Å². The molecule has 0 aliphatic rings. The summed E-state index contributed by atoms with van der Waals surface area (Å²) in [4.78, 5) is 23.1. The highest BCUT2D eigenvalue weighted by Crippen LogP contribution is 2.16. The largest absolute Gasteiger partial charge is 0.474 e. The zero-order valence-corrected chi connectivity index (χ0v) is 8.56. The Bertz CT molecular complexity index is 346. The first kappa shape index (κ1) is 10.7. The maximum absolute atomic E-state index is 10.7. The first-order valence-corrected chi connectivity index (χ1v) is 5.04. The van der Waals surface area contributed by atoms with Gasteiger partial charge in [0.25, 0.3) is 0 Å². The highest BCUT2D eigenvalue weighted by Gasteiger charge is 2.10. The van der Waals surface area contributed by atoms with Crippen molar-refractivity contribution in [3.63, 3.8) is 0 Å². The molecule has 76 valence electrons. The summed E-state index contributed by atoms with van der Waals surface area (Å²) in [5.41, 5.74) is 0. The minimum absolute atomic E-state index is 0.288. The number of amides is 1.